The van der Waals surface area contributed by atoms with Crippen molar-refractivity contribution in [1.82, 2.24) is 4.90 Å². The van der Waals surface area contributed by atoms with Crippen LogP contribution in [-0.4, -0.2) is 54.5 Å². The molecule has 0 radical (unpaired) electrons. The van der Waals surface area contributed by atoms with Crippen LogP contribution in [-0.2, 0) is 10.1 Å². The summed E-state index contributed by atoms with van der Waals surface area (Å²) in [7, 11) is -3.81. The van der Waals surface area contributed by atoms with Gasteiger partial charge in [0.1, 0.15) is 0 Å². The molecule has 2 N–H and O–H groups in total. The van der Waals surface area contributed by atoms with Crippen molar-refractivity contribution >= 4 is 10.1 Å². The summed E-state index contributed by atoms with van der Waals surface area (Å²) in [6, 6.07) is 0. The van der Waals surface area contributed by atoms with Gasteiger partial charge in [0.15, 0.2) is 0 Å². The van der Waals surface area contributed by atoms with Gasteiger partial charge in [0.25, 0.3) is 10.1 Å². The van der Waals surface area contributed by atoms with Gasteiger partial charge in [-0.2, -0.15) is 8.42 Å². The Balaban J connectivity index is 1.65. The van der Waals surface area contributed by atoms with E-state index in [1.165, 1.54) is 0 Å². The molecule has 1 spiro atoms. The number of likely N-dealkylation sites (tertiary alicyclic amines) is 1. The fourth-order valence-electron chi connectivity index (χ4n) is 2.50. The summed E-state index contributed by atoms with van der Waals surface area (Å²) in [6.45, 7) is 2.47. The Morgan fingerprint density at radius 3 is 2.50 bits per heavy atom. The van der Waals surface area contributed by atoms with Crippen LogP contribution < -0.4 is 0 Å². The van der Waals surface area contributed by atoms with Crippen molar-refractivity contribution in [2.75, 3.05) is 25.4 Å². The Morgan fingerprint density at radius 1 is 1.31 bits per heavy atom. The second-order valence-electron chi connectivity index (χ2n) is 5.11. The molecule has 2 fully saturated rings. The van der Waals surface area contributed by atoms with Crippen LogP contribution >= 0.6 is 0 Å². The lowest BCUT2D eigenvalue weighted by atomic mass is 10.0. The van der Waals surface area contributed by atoms with Crippen molar-refractivity contribution in [2.45, 2.75) is 31.8 Å². The van der Waals surface area contributed by atoms with E-state index in [-0.39, 0.29) is 17.3 Å². The summed E-state index contributed by atoms with van der Waals surface area (Å²) in [4.78, 5) is 2.20. The molecule has 2 aliphatic rings. The van der Waals surface area contributed by atoms with Crippen LogP contribution in [0.2, 0.25) is 0 Å². The van der Waals surface area contributed by atoms with Gasteiger partial charge in [-0.15, -0.1) is 0 Å². The predicted octanol–water partition coefficient (Wildman–Crippen LogP) is 0.111. The van der Waals surface area contributed by atoms with E-state index >= 15 is 0 Å². The molecule has 1 saturated heterocycles. The molecule has 6 heteroatoms. The number of unbranched alkanes of at least 4 members (excludes halogenated alkanes) is 1. The van der Waals surface area contributed by atoms with Crippen LogP contribution in [0.1, 0.15) is 25.7 Å². The zero-order valence-corrected chi connectivity index (χ0v) is 10.1. The first-order chi connectivity index (χ1) is 7.41. The molecule has 0 amide bonds. The minimum absolute atomic E-state index is 0.158. The van der Waals surface area contributed by atoms with Crippen molar-refractivity contribution in [2.24, 2.45) is 5.41 Å². The quantitative estimate of drug-likeness (QED) is 0.534. The van der Waals surface area contributed by atoms with Crippen LogP contribution in [0.15, 0.2) is 0 Å². The van der Waals surface area contributed by atoms with Crippen molar-refractivity contribution in [1.29, 1.82) is 0 Å². The second kappa shape index (κ2) is 4.25. The van der Waals surface area contributed by atoms with Gasteiger partial charge in [0.2, 0.25) is 0 Å². The first-order valence-corrected chi connectivity index (χ1v) is 7.38. The maximum absolute atomic E-state index is 10.5. The van der Waals surface area contributed by atoms with Gasteiger partial charge in [-0.05, 0) is 32.2 Å². The maximum Gasteiger partial charge on any atom is 0.264 e. The number of rotatable bonds is 5. The molecule has 1 heterocycles. The van der Waals surface area contributed by atoms with Gasteiger partial charge < -0.3 is 10.0 Å². The molecular weight excluding hydrogens is 230 g/mol. The molecule has 1 saturated carbocycles. The van der Waals surface area contributed by atoms with E-state index in [1.54, 1.807) is 0 Å². The lowest BCUT2D eigenvalue weighted by Gasteiger charge is -2.14. The average molecular weight is 249 g/mol. The van der Waals surface area contributed by atoms with Gasteiger partial charge >= 0.3 is 0 Å². The highest BCUT2D eigenvalue weighted by Gasteiger charge is 2.54. The van der Waals surface area contributed by atoms with Crippen molar-refractivity contribution in [3.05, 3.63) is 0 Å². The highest BCUT2D eigenvalue weighted by atomic mass is 32.2. The smallest absolute Gasteiger partial charge is 0.264 e. The number of hydrogen-bond acceptors (Lipinski definition) is 4. The highest BCUT2D eigenvalue weighted by Crippen LogP contribution is 2.52. The Bertz CT molecular complexity index is 350. The van der Waals surface area contributed by atoms with E-state index in [2.05, 4.69) is 4.90 Å². The van der Waals surface area contributed by atoms with E-state index in [0.29, 0.717) is 13.0 Å². The summed E-state index contributed by atoms with van der Waals surface area (Å²) in [5, 5.41) is 9.80. The number of β-amino-alcohol motifs (C(OH)–C–C–N with tert-alkyl or cyclic N) is 1. The summed E-state index contributed by atoms with van der Waals surface area (Å²) in [5.74, 6) is -0.158. The number of nitrogens with zero attached hydrogens (tertiary/aromatic N) is 1. The Morgan fingerprint density at radius 2 is 2.00 bits per heavy atom. The molecule has 0 aromatic rings. The van der Waals surface area contributed by atoms with E-state index in [4.69, 9.17) is 4.55 Å². The largest absolute Gasteiger partial charge is 0.391 e. The molecule has 1 unspecified atom stereocenters. The molecule has 1 aliphatic heterocycles. The standard InChI is InChI=1S/C10H19NO4S/c12-9-7-11(8-10(9)3-4-10)5-1-2-6-16(13,14)15/h9,12H,1-8H2,(H,13,14,15). The Kier molecular flexibility index (Phi) is 3.27. The minimum Gasteiger partial charge on any atom is -0.391 e. The SMILES string of the molecule is O=S(=O)(O)CCCCN1CC(O)C2(CC2)C1. The summed E-state index contributed by atoms with van der Waals surface area (Å²) < 4.78 is 29.6. The average Bonchev–Trinajstić information content (AvgIpc) is 2.84. The first kappa shape index (κ1) is 12.3. The van der Waals surface area contributed by atoms with Gasteiger partial charge in [-0.1, -0.05) is 0 Å². The number of hydrogen-bond donors (Lipinski definition) is 2. The van der Waals surface area contributed by atoms with Crippen LogP contribution in [0.3, 0.4) is 0 Å². The molecular formula is C10H19NO4S. The van der Waals surface area contributed by atoms with Gasteiger partial charge in [-0.25, -0.2) is 0 Å². The van der Waals surface area contributed by atoms with Crippen molar-refractivity contribution in [3.63, 3.8) is 0 Å². The van der Waals surface area contributed by atoms with E-state index in [9.17, 15) is 13.5 Å². The fourth-order valence-corrected chi connectivity index (χ4v) is 3.06. The summed E-state index contributed by atoms with van der Waals surface area (Å²) >= 11 is 0. The number of aliphatic hydroxyl groups is 1. The third-order valence-corrected chi connectivity index (χ3v) is 4.50. The van der Waals surface area contributed by atoms with E-state index < -0.39 is 10.1 Å². The number of aliphatic hydroxyl groups excluding tert-OH is 1. The molecule has 2 rings (SSSR count). The van der Waals surface area contributed by atoms with E-state index in [0.717, 1.165) is 32.4 Å². The van der Waals surface area contributed by atoms with Gasteiger partial charge in [0.05, 0.1) is 11.9 Å². The zero-order valence-electron chi connectivity index (χ0n) is 9.30. The maximum atomic E-state index is 10.5. The minimum atomic E-state index is -3.81. The Hall–Kier alpha value is -0.170. The second-order valence-corrected chi connectivity index (χ2v) is 6.68. The van der Waals surface area contributed by atoms with Gasteiger partial charge in [0, 0.05) is 18.5 Å². The molecule has 1 atom stereocenters. The molecule has 0 aromatic carbocycles. The lowest BCUT2D eigenvalue weighted by Crippen LogP contribution is -2.23. The zero-order chi connectivity index (χ0) is 11.8. The van der Waals surface area contributed by atoms with Crippen LogP contribution in [0.25, 0.3) is 0 Å². The summed E-state index contributed by atoms with van der Waals surface area (Å²) in [5.41, 5.74) is 0.170. The molecule has 0 bridgehead atoms. The third kappa shape index (κ3) is 2.94. The first-order valence-electron chi connectivity index (χ1n) is 5.77. The third-order valence-electron chi connectivity index (χ3n) is 3.70. The van der Waals surface area contributed by atoms with Crippen LogP contribution in [0.5, 0.6) is 0 Å². The molecule has 0 aromatic heterocycles. The van der Waals surface area contributed by atoms with Crippen molar-refractivity contribution < 1.29 is 18.1 Å². The van der Waals surface area contributed by atoms with E-state index in [1.807, 2.05) is 0 Å². The molecule has 16 heavy (non-hydrogen) atoms. The molecule has 1 aliphatic carbocycles. The van der Waals surface area contributed by atoms with Crippen LogP contribution in [0.4, 0.5) is 0 Å². The molecule has 5 nitrogen and oxygen atoms in total. The van der Waals surface area contributed by atoms with Gasteiger partial charge in [-0.3, -0.25) is 4.55 Å². The van der Waals surface area contributed by atoms with Crippen molar-refractivity contribution in [3.8, 4) is 0 Å². The fraction of sp³-hybridized carbons (Fsp3) is 1.00. The topological polar surface area (TPSA) is 77.8 Å². The monoisotopic (exact) mass is 249 g/mol. The lowest BCUT2D eigenvalue weighted by molar-refractivity contribution is 0.131. The highest BCUT2D eigenvalue weighted by molar-refractivity contribution is 7.85. The molecule has 94 valence electrons. The Labute approximate surface area is 96.2 Å². The predicted molar refractivity (Wildman–Crippen MR) is 59.8 cm³/mol. The summed E-state index contributed by atoms with van der Waals surface area (Å²) in [6.07, 6.45) is 3.28. The normalized spacial score (nSPS) is 28.8. The van der Waals surface area contributed by atoms with Crippen LogP contribution in [0, 0.1) is 5.41 Å².